The van der Waals surface area contributed by atoms with Gasteiger partial charge >= 0.3 is 0 Å². The zero-order chi connectivity index (χ0) is 40.3. The van der Waals surface area contributed by atoms with Crippen molar-refractivity contribution in [1.82, 2.24) is 0 Å². The van der Waals surface area contributed by atoms with Gasteiger partial charge in [-0.3, -0.25) is 0 Å². The summed E-state index contributed by atoms with van der Waals surface area (Å²) in [5.41, 5.74) is 2.74. The maximum Gasteiger partial charge on any atom is 0.206 e. The standard InChI is InChI=1S/C45H34Br2O8S2/c1-29-24-33(47)28-39(25-29)53-35-7-16-41(17-8-35)57(50,51)43-20-11-37(12-21-43)55-45-23-13-38(27-31(45)3)52-34-5-14-40(15-6-34)56(48,49)42-18-9-36(10-19-42)54-44-22-4-32(46)26-30(44)2/h4-28H,1-3H3. The molecule has 7 aromatic carbocycles. The SMILES string of the molecule is Cc1cc(Br)cc(Oc2ccc(S(=O)(=O)c3ccc(Oc4ccc(Oc5ccc(S(=O)(=O)c6ccc(Oc7ccc(Br)cc7C)cc6)cc5)cc4C)cc3)cc2)c1. The van der Waals surface area contributed by atoms with E-state index < -0.39 is 19.7 Å². The summed E-state index contributed by atoms with van der Waals surface area (Å²) in [6, 6.07) is 41.7. The number of halogens is 2. The topological polar surface area (TPSA) is 105 Å². The van der Waals surface area contributed by atoms with Gasteiger partial charge < -0.3 is 18.9 Å². The Kier molecular flexibility index (Phi) is 11.6. The zero-order valence-corrected chi connectivity index (χ0v) is 35.6. The largest absolute Gasteiger partial charge is 0.457 e. The van der Waals surface area contributed by atoms with Crippen LogP contribution in [0.15, 0.2) is 180 Å². The van der Waals surface area contributed by atoms with Crippen molar-refractivity contribution in [3.05, 3.63) is 177 Å². The molecule has 12 heteroatoms. The summed E-state index contributed by atoms with van der Waals surface area (Å²) in [4.78, 5) is 0.532. The first-order valence-corrected chi connectivity index (χ1v) is 22.0. The Morgan fingerprint density at radius 2 is 0.719 bits per heavy atom. The van der Waals surface area contributed by atoms with Crippen LogP contribution in [-0.4, -0.2) is 16.8 Å². The normalized spacial score (nSPS) is 11.5. The van der Waals surface area contributed by atoms with Crippen LogP contribution < -0.4 is 18.9 Å². The quantitative estimate of drug-likeness (QED) is 0.119. The lowest BCUT2D eigenvalue weighted by molar-refractivity contribution is 0.465. The molecule has 0 spiro atoms. The molecule has 0 N–H and O–H groups in total. The van der Waals surface area contributed by atoms with Crippen molar-refractivity contribution in [2.24, 2.45) is 0 Å². The maximum absolute atomic E-state index is 13.4. The fraction of sp³-hybridized carbons (Fsp3) is 0.0667. The summed E-state index contributed by atoms with van der Waals surface area (Å²) in [6.45, 7) is 5.75. The Morgan fingerprint density at radius 3 is 1.12 bits per heavy atom. The van der Waals surface area contributed by atoms with Crippen LogP contribution in [0.25, 0.3) is 0 Å². The van der Waals surface area contributed by atoms with Gasteiger partial charge in [0.2, 0.25) is 19.7 Å². The van der Waals surface area contributed by atoms with Crippen LogP contribution in [0.3, 0.4) is 0 Å². The van der Waals surface area contributed by atoms with Crippen molar-refractivity contribution in [2.75, 3.05) is 0 Å². The van der Waals surface area contributed by atoms with E-state index in [0.29, 0.717) is 46.0 Å². The van der Waals surface area contributed by atoms with Gasteiger partial charge in [0.1, 0.15) is 46.0 Å². The molecular formula is C45H34Br2O8S2. The first-order chi connectivity index (χ1) is 27.2. The Labute approximate surface area is 348 Å². The highest BCUT2D eigenvalue weighted by Crippen LogP contribution is 2.34. The van der Waals surface area contributed by atoms with Gasteiger partial charge in [-0.2, -0.15) is 0 Å². The van der Waals surface area contributed by atoms with E-state index in [9.17, 15) is 16.8 Å². The molecule has 0 heterocycles. The van der Waals surface area contributed by atoms with Crippen molar-refractivity contribution >= 4 is 51.5 Å². The Bertz CT molecular complexity index is 2770. The second kappa shape index (κ2) is 16.6. The van der Waals surface area contributed by atoms with Crippen LogP contribution >= 0.6 is 31.9 Å². The molecule has 0 fully saturated rings. The summed E-state index contributed by atoms with van der Waals surface area (Å²) in [5, 5.41) is 0. The first kappa shape index (κ1) is 39.8. The molecular weight excluding hydrogens is 892 g/mol. The molecule has 0 unspecified atom stereocenters. The lowest BCUT2D eigenvalue weighted by Gasteiger charge is -2.13. The molecule has 0 radical (unpaired) electrons. The van der Waals surface area contributed by atoms with Crippen LogP contribution in [0.2, 0.25) is 0 Å². The predicted molar refractivity (Wildman–Crippen MR) is 226 cm³/mol. The average molecular weight is 927 g/mol. The molecule has 0 saturated heterocycles. The zero-order valence-electron chi connectivity index (χ0n) is 30.8. The average Bonchev–Trinajstić information content (AvgIpc) is 3.17. The summed E-state index contributed by atoms with van der Waals surface area (Å²) in [6.07, 6.45) is 0. The molecule has 0 saturated carbocycles. The number of hydrogen-bond donors (Lipinski definition) is 0. The van der Waals surface area contributed by atoms with E-state index in [1.807, 2.05) is 57.2 Å². The van der Waals surface area contributed by atoms with E-state index >= 15 is 0 Å². The van der Waals surface area contributed by atoms with Gasteiger partial charge in [0, 0.05) is 8.95 Å². The second-order valence-corrected chi connectivity index (χ2v) is 18.8. The predicted octanol–water partition coefficient (Wildman–Crippen LogP) is 13.0. The van der Waals surface area contributed by atoms with Gasteiger partial charge in [0.05, 0.1) is 19.6 Å². The lowest BCUT2D eigenvalue weighted by atomic mass is 10.2. The Balaban J connectivity index is 0.957. The van der Waals surface area contributed by atoms with E-state index in [-0.39, 0.29) is 19.6 Å². The smallest absolute Gasteiger partial charge is 0.206 e. The van der Waals surface area contributed by atoms with Crippen LogP contribution in [0, 0.1) is 20.8 Å². The van der Waals surface area contributed by atoms with E-state index in [1.165, 1.54) is 48.5 Å². The molecule has 7 aromatic rings. The van der Waals surface area contributed by atoms with Crippen molar-refractivity contribution < 1.29 is 35.8 Å². The van der Waals surface area contributed by atoms with Crippen LogP contribution in [0.5, 0.6) is 46.0 Å². The Morgan fingerprint density at radius 1 is 0.351 bits per heavy atom. The first-order valence-electron chi connectivity index (χ1n) is 17.5. The molecule has 0 amide bonds. The third-order valence-corrected chi connectivity index (χ3v) is 13.3. The second-order valence-electron chi connectivity index (χ2n) is 13.1. The van der Waals surface area contributed by atoms with Gasteiger partial charge in [-0.15, -0.1) is 0 Å². The summed E-state index contributed by atoms with van der Waals surface area (Å²) >= 11 is 6.90. The van der Waals surface area contributed by atoms with Crippen LogP contribution in [-0.2, 0) is 19.7 Å². The fourth-order valence-electron chi connectivity index (χ4n) is 5.83. The number of rotatable bonds is 12. The summed E-state index contributed by atoms with van der Waals surface area (Å²) < 4.78 is 79.3. The lowest BCUT2D eigenvalue weighted by Crippen LogP contribution is -2.02. The molecule has 0 aliphatic heterocycles. The van der Waals surface area contributed by atoms with Crippen LogP contribution in [0.1, 0.15) is 16.7 Å². The van der Waals surface area contributed by atoms with Crippen molar-refractivity contribution in [3.8, 4) is 46.0 Å². The van der Waals surface area contributed by atoms with Crippen molar-refractivity contribution in [1.29, 1.82) is 0 Å². The summed E-state index contributed by atoms with van der Waals surface area (Å²) in [5.74, 6) is 4.35. The Hall–Kier alpha value is -5.40. The number of sulfone groups is 2. The van der Waals surface area contributed by atoms with Gasteiger partial charge in [-0.25, -0.2) is 16.8 Å². The molecule has 0 aliphatic carbocycles. The van der Waals surface area contributed by atoms with Gasteiger partial charge in [0.25, 0.3) is 0 Å². The number of hydrogen-bond acceptors (Lipinski definition) is 8. The van der Waals surface area contributed by atoms with E-state index in [1.54, 1.807) is 66.7 Å². The molecule has 57 heavy (non-hydrogen) atoms. The fourth-order valence-corrected chi connectivity index (χ4v) is 9.42. The third kappa shape index (κ3) is 9.43. The summed E-state index contributed by atoms with van der Waals surface area (Å²) in [7, 11) is -7.57. The number of benzene rings is 7. The van der Waals surface area contributed by atoms with Gasteiger partial charge in [-0.1, -0.05) is 31.9 Å². The van der Waals surface area contributed by atoms with Gasteiger partial charge in [-0.05, 0) is 189 Å². The molecule has 0 aromatic heterocycles. The highest BCUT2D eigenvalue weighted by Gasteiger charge is 2.20. The minimum Gasteiger partial charge on any atom is -0.457 e. The van der Waals surface area contributed by atoms with E-state index in [0.717, 1.165) is 25.6 Å². The minimum atomic E-state index is -3.79. The van der Waals surface area contributed by atoms with E-state index in [2.05, 4.69) is 31.9 Å². The van der Waals surface area contributed by atoms with E-state index in [4.69, 9.17) is 18.9 Å². The van der Waals surface area contributed by atoms with Crippen molar-refractivity contribution in [3.63, 3.8) is 0 Å². The highest BCUT2D eigenvalue weighted by atomic mass is 79.9. The van der Waals surface area contributed by atoms with Gasteiger partial charge in [0.15, 0.2) is 0 Å². The molecule has 288 valence electrons. The van der Waals surface area contributed by atoms with Crippen molar-refractivity contribution in [2.45, 2.75) is 40.4 Å². The number of ether oxygens (including phenoxy) is 4. The molecule has 0 bridgehead atoms. The monoisotopic (exact) mass is 924 g/mol. The minimum absolute atomic E-state index is 0.126. The molecule has 0 aliphatic rings. The number of aryl methyl sites for hydroxylation is 3. The molecule has 8 nitrogen and oxygen atoms in total. The molecule has 7 rings (SSSR count). The highest BCUT2D eigenvalue weighted by molar-refractivity contribution is 9.10. The molecule has 0 atom stereocenters. The third-order valence-electron chi connectivity index (χ3n) is 8.76. The van der Waals surface area contributed by atoms with Crippen LogP contribution in [0.4, 0.5) is 0 Å². The maximum atomic E-state index is 13.4.